The molecule has 1 aliphatic heterocycles. The van der Waals surface area contributed by atoms with E-state index in [1.807, 2.05) is 29.6 Å². The Morgan fingerprint density at radius 1 is 1.29 bits per heavy atom. The van der Waals surface area contributed by atoms with Crippen molar-refractivity contribution in [2.45, 2.75) is 12.3 Å². The van der Waals surface area contributed by atoms with E-state index in [4.69, 9.17) is 0 Å². The fourth-order valence-electron chi connectivity index (χ4n) is 3.14. The monoisotopic (exact) mass is 338 g/mol. The van der Waals surface area contributed by atoms with Gasteiger partial charge in [-0.05, 0) is 12.0 Å². The van der Waals surface area contributed by atoms with E-state index in [0.29, 0.717) is 11.6 Å². The van der Waals surface area contributed by atoms with E-state index in [1.54, 1.807) is 10.9 Å². The summed E-state index contributed by atoms with van der Waals surface area (Å²) in [6, 6.07) is 10.4. The molecule has 0 N–H and O–H groups in total. The van der Waals surface area contributed by atoms with E-state index in [9.17, 15) is 4.79 Å². The second-order valence-electron chi connectivity index (χ2n) is 6.09. The van der Waals surface area contributed by atoms with Crippen LogP contribution in [0.25, 0.3) is 10.6 Å². The number of aryl methyl sites for hydroxylation is 1. The molecule has 6 heteroatoms. The van der Waals surface area contributed by atoms with Crippen molar-refractivity contribution in [3.05, 3.63) is 59.4 Å². The molecule has 1 saturated heterocycles. The van der Waals surface area contributed by atoms with Crippen LogP contribution in [0, 0.1) is 0 Å². The zero-order chi connectivity index (χ0) is 16.5. The summed E-state index contributed by atoms with van der Waals surface area (Å²) >= 11 is 1.49. The first kappa shape index (κ1) is 15.1. The molecule has 3 aromatic rings. The molecule has 1 aliphatic rings. The number of carbonyl (C=O) groups is 1. The smallest absolute Gasteiger partial charge is 0.273 e. The Kier molecular flexibility index (Phi) is 3.90. The van der Waals surface area contributed by atoms with Gasteiger partial charge in [0.2, 0.25) is 0 Å². The van der Waals surface area contributed by atoms with Crippen molar-refractivity contribution >= 4 is 17.2 Å². The first-order chi connectivity index (χ1) is 11.7. The number of carbonyl (C=O) groups excluding carboxylic acids is 1. The number of likely N-dealkylation sites (tertiary alicyclic amines) is 1. The van der Waals surface area contributed by atoms with Crippen molar-refractivity contribution in [1.82, 2.24) is 19.7 Å². The highest BCUT2D eigenvalue weighted by Gasteiger charge is 2.29. The molecule has 1 atom stereocenters. The molecular weight excluding hydrogens is 320 g/mol. The lowest BCUT2D eigenvalue weighted by Crippen LogP contribution is -2.28. The zero-order valence-electron chi connectivity index (χ0n) is 13.4. The Hall–Kier alpha value is -2.47. The lowest BCUT2D eigenvalue weighted by molar-refractivity contribution is 0.0786. The Morgan fingerprint density at radius 2 is 2.12 bits per heavy atom. The van der Waals surface area contributed by atoms with Gasteiger partial charge in [0.25, 0.3) is 5.91 Å². The molecular formula is C18H18N4OS. The number of benzene rings is 1. The van der Waals surface area contributed by atoms with Gasteiger partial charge in [-0.3, -0.25) is 9.48 Å². The average molecular weight is 338 g/mol. The van der Waals surface area contributed by atoms with Crippen LogP contribution in [0.2, 0.25) is 0 Å². The summed E-state index contributed by atoms with van der Waals surface area (Å²) in [6.07, 6.45) is 4.69. The molecule has 1 unspecified atom stereocenters. The SMILES string of the molecule is Cn1cc(-c2nc(C(=O)N3CCC(c4ccccc4)C3)cs2)cn1. The Bertz CT molecular complexity index is 855. The maximum atomic E-state index is 12.7. The molecule has 5 nitrogen and oxygen atoms in total. The molecule has 1 aromatic carbocycles. The van der Waals surface area contributed by atoms with Gasteiger partial charge in [0.15, 0.2) is 0 Å². The number of hydrogen-bond donors (Lipinski definition) is 0. The second-order valence-corrected chi connectivity index (χ2v) is 6.95. The largest absolute Gasteiger partial charge is 0.337 e. The van der Waals surface area contributed by atoms with Gasteiger partial charge in [-0.15, -0.1) is 11.3 Å². The molecule has 24 heavy (non-hydrogen) atoms. The fraction of sp³-hybridized carbons (Fsp3) is 0.278. The molecule has 122 valence electrons. The van der Waals surface area contributed by atoms with Crippen LogP contribution in [0.4, 0.5) is 0 Å². The number of thiazole rings is 1. The third-order valence-electron chi connectivity index (χ3n) is 4.42. The van der Waals surface area contributed by atoms with Gasteiger partial charge >= 0.3 is 0 Å². The van der Waals surface area contributed by atoms with Crippen molar-refractivity contribution in [1.29, 1.82) is 0 Å². The van der Waals surface area contributed by atoms with Crippen molar-refractivity contribution in [2.75, 3.05) is 13.1 Å². The predicted molar refractivity (Wildman–Crippen MR) is 94.0 cm³/mol. The Morgan fingerprint density at radius 3 is 2.88 bits per heavy atom. The molecule has 1 amide bonds. The average Bonchev–Trinajstić information content (AvgIpc) is 3.35. The lowest BCUT2D eigenvalue weighted by Gasteiger charge is -2.15. The van der Waals surface area contributed by atoms with Crippen molar-refractivity contribution < 1.29 is 4.79 Å². The maximum Gasteiger partial charge on any atom is 0.273 e. The summed E-state index contributed by atoms with van der Waals surface area (Å²) in [7, 11) is 1.87. The zero-order valence-corrected chi connectivity index (χ0v) is 14.2. The van der Waals surface area contributed by atoms with Gasteiger partial charge in [0.1, 0.15) is 10.7 Å². The van der Waals surface area contributed by atoms with Crippen molar-refractivity contribution in [3.63, 3.8) is 0 Å². The highest BCUT2D eigenvalue weighted by Crippen LogP contribution is 2.29. The van der Waals surface area contributed by atoms with Crippen LogP contribution in [0.3, 0.4) is 0 Å². The van der Waals surface area contributed by atoms with Gasteiger partial charge < -0.3 is 4.90 Å². The van der Waals surface area contributed by atoms with Gasteiger partial charge in [-0.25, -0.2) is 4.98 Å². The third-order valence-corrected chi connectivity index (χ3v) is 5.31. The number of hydrogen-bond acceptors (Lipinski definition) is 4. The molecule has 4 rings (SSSR count). The highest BCUT2D eigenvalue weighted by atomic mass is 32.1. The summed E-state index contributed by atoms with van der Waals surface area (Å²) < 4.78 is 1.74. The minimum absolute atomic E-state index is 0.0276. The van der Waals surface area contributed by atoms with Crippen LogP contribution in [0.5, 0.6) is 0 Å². The maximum absolute atomic E-state index is 12.7. The van der Waals surface area contributed by atoms with Crippen LogP contribution in [-0.4, -0.2) is 38.7 Å². The molecule has 0 spiro atoms. The molecule has 0 saturated carbocycles. The van der Waals surface area contributed by atoms with E-state index in [1.165, 1.54) is 16.9 Å². The van der Waals surface area contributed by atoms with Crippen molar-refractivity contribution in [2.24, 2.45) is 7.05 Å². The van der Waals surface area contributed by atoms with Crippen LogP contribution in [-0.2, 0) is 7.05 Å². The van der Waals surface area contributed by atoms with E-state index in [2.05, 4.69) is 34.3 Å². The van der Waals surface area contributed by atoms with E-state index in [-0.39, 0.29) is 5.91 Å². The van der Waals surface area contributed by atoms with E-state index < -0.39 is 0 Å². The molecule has 2 aromatic heterocycles. The van der Waals surface area contributed by atoms with E-state index in [0.717, 1.165) is 30.1 Å². The Labute approximate surface area is 144 Å². The molecule has 1 fully saturated rings. The Balaban J connectivity index is 1.48. The predicted octanol–water partition coefficient (Wildman–Crippen LogP) is 3.17. The number of rotatable bonds is 3. The second kappa shape index (κ2) is 6.20. The minimum atomic E-state index is 0.0276. The summed E-state index contributed by atoms with van der Waals surface area (Å²) in [4.78, 5) is 19.1. The molecule has 0 bridgehead atoms. The molecule has 0 radical (unpaired) electrons. The topological polar surface area (TPSA) is 51.0 Å². The number of amides is 1. The first-order valence-electron chi connectivity index (χ1n) is 7.99. The van der Waals surface area contributed by atoms with Crippen LogP contribution in [0.15, 0.2) is 48.1 Å². The fourth-order valence-corrected chi connectivity index (χ4v) is 3.91. The van der Waals surface area contributed by atoms with Gasteiger partial charge in [-0.2, -0.15) is 5.10 Å². The first-order valence-corrected chi connectivity index (χ1v) is 8.87. The summed E-state index contributed by atoms with van der Waals surface area (Å²) in [5.74, 6) is 0.450. The van der Waals surface area contributed by atoms with Crippen LogP contribution in [0.1, 0.15) is 28.4 Å². The van der Waals surface area contributed by atoms with Gasteiger partial charge in [-0.1, -0.05) is 30.3 Å². The van der Waals surface area contributed by atoms with Crippen molar-refractivity contribution in [3.8, 4) is 10.6 Å². The van der Waals surface area contributed by atoms with Gasteiger partial charge in [0, 0.05) is 43.2 Å². The summed E-state index contributed by atoms with van der Waals surface area (Å²) in [5.41, 5.74) is 2.79. The molecule has 3 heterocycles. The van der Waals surface area contributed by atoms with E-state index >= 15 is 0 Å². The van der Waals surface area contributed by atoms with Crippen LogP contribution >= 0.6 is 11.3 Å². The highest BCUT2D eigenvalue weighted by molar-refractivity contribution is 7.13. The third kappa shape index (κ3) is 2.85. The quantitative estimate of drug-likeness (QED) is 0.737. The summed E-state index contributed by atoms with van der Waals surface area (Å²) in [5, 5.41) is 6.84. The van der Waals surface area contributed by atoms with Gasteiger partial charge in [0.05, 0.1) is 6.20 Å². The summed E-state index contributed by atoms with van der Waals surface area (Å²) in [6.45, 7) is 1.56. The number of nitrogens with zero attached hydrogens (tertiary/aromatic N) is 4. The normalized spacial score (nSPS) is 17.4. The van der Waals surface area contributed by atoms with Crippen LogP contribution < -0.4 is 0 Å². The molecule has 0 aliphatic carbocycles. The number of aromatic nitrogens is 3. The lowest BCUT2D eigenvalue weighted by atomic mass is 9.99. The minimum Gasteiger partial charge on any atom is -0.337 e. The standard InChI is InChI=1S/C18H18N4OS/c1-21-10-15(9-19-21)17-20-16(12-24-17)18(23)22-8-7-14(11-22)13-5-3-2-4-6-13/h2-6,9-10,12,14H,7-8,11H2,1H3.